The van der Waals surface area contributed by atoms with Crippen LogP contribution in [0.25, 0.3) is 0 Å². The molecular weight excluding hydrogens is 238 g/mol. The predicted octanol–water partition coefficient (Wildman–Crippen LogP) is 2.07. The van der Waals surface area contributed by atoms with E-state index in [1.54, 1.807) is 6.20 Å². The Morgan fingerprint density at radius 1 is 1.37 bits per heavy atom. The number of hydrogen-bond donors (Lipinski definition) is 2. The first-order valence-corrected chi connectivity index (χ1v) is 6.85. The zero-order valence-corrected chi connectivity index (χ0v) is 11.0. The van der Waals surface area contributed by atoms with Gasteiger partial charge in [-0.05, 0) is 30.2 Å². The summed E-state index contributed by atoms with van der Waals surface area (Å²) in [5, 5.41) is 3.47. The number of fused-ring (bicyclic) bond motifs is 1. The summed E-state index contributed by atoms with van der Waals surface area (Å²) >= 11 is 0. The number of rotatable bonds is 6. The molecule has 1 aliphatic heterocycles. The molecule has 0 fully saturated rings. The molecule has 0 saturated carbocycles. The van der Waals surface area contributed by atoms with E-state index in [4.69, 9.17) is 4.74 Å². The number of H-pyrrole nitrogens is 1. The van der Waals surface area contributed by atoms with Crippen LogP contribution in [0.5, 0.6) is 5.75 Å². The molecule has 1 aliphatic rings. The zero-order valence-electron chi connectivity index (χ0n) is 11.0. The maximum atomic E-state index is 5.51. The van der Waals surface area contributed by atoms with Crippen LogP contribution in [0.4, 0.5) is 0 Å². The number of nitrogens with one attached hydrogen (secondary N) is 2. The van der Waals surface area contributed by atoms with E-state index in [2.05, 4.69) is 33.5 Å². The van der Waals surface area contributed by atoms with Gasteiger partial charge in [0.05, 0.1) is 6.61 Å². The van der Waals surface area contributed by atoms with Crippen LogP contribution >= 0.6 is 0 Å². The van der Waals surface area contributed by atoms with Crippen molar-refractivity contribution in [1.82, 2.24) is 15.3 Å². The minimum Gasteiger partial charge on any atom is -0.493 e. The molecule has 2 aromatic rings. The third-order valence-corrected chi connectivity index (χ3v) is 3.40. The molecule has 1 aromatic carbocycles. The van der Waals surface area contributed by atoms with Crippen LogP contribution in [-0.2, 0) is 19.4 Å². The second kappa shape index (κ2) is 5.89. The number of hydrogen-bond acceptors (Lipinski definition) is 3. The Bertz CT molecular complexity index is 522. The lowest BCUT2D eigenvalue weighted by Crippen LogP contribution is -2.15. The highest BCUT2D eigenvalue weighted by Gasteiger charge is 2.11. The second-order valence-corrected chi connectivity index (χ2v) is 4.86. The van der Waals surface area contributed by atoms with Crippen LogP contribution in [0.2, 0.25) is 0 Å². The Hall–Kier alpha value is -1.81. The predicted molar refractivity (Wildman–Crippen MR) is 74.3 cm³/mol. The Labute approximate surface area is 113 Å². The highest BCUT2D eigenvalue weighted by atomic mass is 16.5. The number of aromatic nitrogens is 2. The van der Waals surface area contributed by atoms with E-state index in [0.29, 0.717) is 0 Å². The maximum absolute atomic E-state index is 5.51. The molecule has 0 spiro atoms. The summed E-state index contributed by atoms with van der Waals surface area (Å²) in [6, 6.07) is 6.48. The zero-order chi connectivity index (χ0) is 12.9. The molecule has 0 aliphatic carbocycles. The number of aryl methyl sites for hydroxylation is 1. The number of ether oxygens (including phenoxy) is 1. The SMILES string of the molecule is c1c[nH]c(CCCNCc2ccc3c(c2)CCO3)n1. The molecule has 0 radical (unpaired) electrons. The van der Waals surface area contributed by atoms with Crippen molar-refractivity contribution in [2.24, 2.45) is 0 Å². The van der Waals surface area contributed by atoms with Crippen molar-refractivity contribution in [3.8, 4) is 5.75 Å². The van der Waals surface area contributed by atoms with Gasteiger partial charge in [-0.15, -0.1) is 0 Å². The minimum absolute atomic E-state index is 0.829. The second-order valence-electron chi connectivity index (χ2n) is 4.86. The molecule has 0 saturated heterocycles. The van der Waals surface area contributed by atoms with E-state index < -0.39 is 0 Å². The standard InChI is InChI=1S/C15H19N3O/c1(2-15-17-7-8-18-15)6-16-11-12-3-4-14-13(10-12)5-9-19-14/h3-4,7-8,10,16H,1-2,5-6,9,11H2,(H,17,18). The fraction of sp³-hybridized carbons (Fsp3) is 0.400. The van der Waals surface area contributed by atoms with Crippen LogP contribution < -0.4 is 10.1 Å². The van der Waals surface area contributed by atoms with E-state index in [-0.39, 0.29) is 0 Å². The van der Waals surface area contributed by atoms with E-state index in [1.165, 1.54) is 11.1 Å². The first kappa shape index (κ1) is 12.2. The summed E-state index contributed by atoms with van der Waals surface area (Å²) in [6.45, 7) is 2.76. The summed E-state index contributed by atoms with van der Waals surface area (Å²) in [5.74, 6) is 2.12. The van der Waals surface area contributed by atoms with Crippen LogP contribution in [0.3, 0.4) is 0 Å². The van der Waals surface area contributed by atoms with Crippen LogP contribution in [0.15, 0.2) is 30.6 Å². The van der Waals surface area contributed by atoms with Gasteiger partial charge in [0, 0.05) is 31.8 Å². The quantitative estimate of drug-likeness (QED) is 0.779. The highest BCUT2D eigenvalue weighted by molar-refractivity contribution is 5.39. The van der Waals surface area contributed by atoms with Crippen LogP contribution in [0, 0.1) is 0 Å². The van der Waals surface area contributed by atoms with Gasteiger partial charge >= 0.3 is 0 Å². The molecule has 19 heavy (non-hydrogen) atoms. The largest absolute Gasteiger partial charge is 0.493 e. The van der Waals surface area contributed by atoms with Gasteiger partial charge in [0.15, 0.2) is 0 Å². The van der Waals surface area contributed by atoms with Crippen molar-refractivity contribution in [1.29, 1.82) is 0 Å². The topological polar surface area (TPSA) is 49.9 Å². The van der Waals surface area contributed by atoms with Crippen molar-refractivity contribution < 1.29 is 4.74 Å². The molecule has 1 aromatic heterocycles. The first-order chi connectivity index (χ1) is 9.42. The molecule has 2 heterocycles. The van der Waals surface area contributed by atoms with E-state index in [9.17, 15) is 0 Å². The fourth-order valence-corrected chi connectivity index (χ4v) is 2.40. The average Bonchev–Trinajstić information content (AvgIpc) is 3.08. The van der Waals surface area contributed by atoms with Gasteiger partial charge in [-0.2, -0.15) is 0 Å². The Kier molecular flexibility index (Phi) is 3.79. The van der Waals surface area contributed by atoms with E-state index in [1.807, 2.05) is 6.20 Å². The lowest BCUT2D eigenvalue weighted by Gasteiger charge is -2.06. The van der Waals surface area contributed by atoms with Gasteiger partial charge in [-0.25, -0.2) is 4.98 Å². The first-order valence-electron chi connectivity index (χ1n) is 6.85. The molecule has 3 rings (SSSR count). The van der Waals surface area contributed by atoms with Gasteiger partial charge in [0.25, 0.3) is 0 Å². The third kappa shape index (κ3) is 3.15. The molecule has 100 valence electrons. The lowest BCUT2D eigenvalue weighted by molar-refractivity contribution is 0.357. The van der Waals surface area contributed by atoms with Crippen molar-refractivity contribution in [2.45, 2.75) is 25.8 Å². The molecule has 4 heteroatoms. The molecular formula is C15H19N3O. The highest BCUT2D eigenvalue weighted by Crippen LogP contribution is 2.25. The van der Waals surface area contributed by atoms with Gasteiger partial charge in [-0.3, -0.25) is 0 Å². The smallest absolute Gasteiger partial charge is 0.122 e. The lowest BCUT2D eigenvalue weighted by atomic mass is 10.1. The summed E-state index contributed by atoms with van der Waals surface area (Å²) in [6.07, 6.45) is 6.81. The van der Waals surface area contributed by atoms with Crippen molar-refractivity contribution >= 4 is 0 Å². The molecule has 0 unspecified atom stereocenters. The number of benzene rings is 1. The van der Waals surface area contributed by atoms with Crippen LogP contribution in [-0.4, -0.2) is 23.1 Å². The summed E-state index contributed by atoms with van der Waals surface area (Å²) in [5.41, 5.74) is 2.68. The summed E-state index contributed by atoms with van der Waals surface area (Å²) in [7, 11) is 0. The fourth-order valence-electron chi connectivity index (χ4n) is 2.40. The maximum Gasteiger partial charge on any atom is 0.122 e. The summed E-state index contributed by atoms with van der Waals surface area (Å²) < 4.78 is 5.51. The van der Waals surface area contributed by atoms with Gasteiger partial charge < -0.3 is 15.0 Å². The van der Waals surface area contributed by atoms with Crippen molar-refractivity contribution in [3.63, 3.8) is 0 Å². The molecule has 2 N–H and O–H groups in total. The Morgan fingerprint density at radius 3 is 3.26 bits per heavy atom. The van der Waals surface area contributed by atoms with Gasteiger partial charge in [-0.1, -0.05) is 12.1 Å². The Balaban J connectivity index is 1.40. The van der Waals surface area contributed by atoms with Crippen molar-refractivity contribution in [3.05, 3.63) is 47.5 Å². The summed E-state index contributed by atoms with van der Waals surface area (Å²) in [4.78, 5) is 7.34. The number of imidazole rings is 1. The van der Waals surface area contributed by atoms with Gasteiger partial charge in [0.1, 0.15) is 11.6 Å². The van der Waals surface area contributed by atoms with Gasteiger partial charge in [0.2, 0.25) is 0 Å². The van der Waals surface area contributed by atoms with Crippen molar-refractivity contribution in [2.75, 3.05) is 13.2 Å². The third-order valence-electron chi connectivity index (χ3n) is 3.40. The normalized spacial score (nSPS) is 13.3. The van der Waals surface area contributed by atoms with Crippen LogP contribution in [0.1, 0.15) is 23.4 Å². The molecule has 0 atom stereocenters. The van der Waals surface area contributed by atoms with E-state index >= 15 is 0 Å². The molecule has 4 nitrogen and oxygen atoms in total. The number of aromatic amines is 1. The number of nitrogens with zero attached hydrogens (tertiary/aromatic N) is 1. The molecule has 0 amide bonds. The minimum atomic E-state index is 0.829. The van der Waals surface area contributed by atoms with E-state index in [0.717, 1.165) is 50.5 Å². The average molecular weight is 257 g/mol. The molecule has 0 bridgehead atoms. The monoisotopic (exact) mass is 257 g/mol. The Morgan fingerprint density at radius 2 is 2.37 bits per heavy atom.